The second-order valence-corrected chi connectivity index (χ2v) is 9.66. The Kier molecular flexibility index (Phi) is 9.51. The van der Waals surface area contributed by atoms with E-state index in [0.29, 0.717) is 21.6 Å². The maximum absolute atomic E-state index is 12.1. The molecule has 2 aromatic rings. The van der Waals surface area contributed by atoms with Gasteiger partial charge >= 0.3 is 17.9 Å². The number of nitrogens with one attached hydrogen (secondary N) is 1. The van der Waals surface area contributed by atoms with Crippen LogP contribution in [-0.4, -0.2) is 75.0 Å². The number of aromatic nitrogens is 3. The predicted molar refractivity (Wildman–Crippen MR) is 131 cm³/mol. The van der Waals surface area contributed by atoms with Crippen molar-refractivity contribution in [3.05, 3.63) is 29.3 Å². The van der Waals surface area contributed by atoms with E-state index in [9.17, 15) is 19.2 Å². The molecular formula is C23H27ClN4O8S. The minimum atomic E-state index is -1.17. The Labute approximate surface area is 222 Å². The zero-order valence-electron chi connectivity index (χ0n) is 20.8. The predicted octanol–water partition coefficient (Wildman–Crippen LogP) is 1.88. The first-order valence-electron chi connectivity index (χ1n) is 11.2. The van der Waals surface area contributed by atoms with Crippen molar-refractivity contribution in [3.63, 3.8) is 0 Å². The van der Waals surface area contributed by atoms with Crippen molar-refractivity contribution in [2.24, 2.45) is 7.05 Å². The fraction of sp³-hybridized carbons (Fsp3) is 0.478. The highest BCUT2D eigenvalue weighted by molar-refractivity contribution is 7.99. The lowest BCUT2D eigenvalue weighted by atomic mass is 9.97. The fourth-order valence-corrected chi connectivity index (χ4v) is 5.12. The van der Waals surface area contributed by atoms with Crippen LogP contribution < -0.4 is 5.32 Å². The van der Waals surface area contributed by atoms with E-state index in [4.69, 9.17) is 30.5 Å². The third-order valence-electron chi connectivity index (χ3n) is 5.24. The zero-order chi connectivity index (χ0) is 27.3. The van der Waals surface area contributed by atoms with E-state index in [1.54, 1.807) is 29.8 Å². The van der Waals surface area contributed by atoms with Gasteiger partial charge in [-0.1, -0.05) is 35.5 Å². The summed E-state index contributed by atoms with van der Waals surface area (Å²) in [4.78, 5) is 47.5. The van der Waals surface area contributed by atoms with E-state index >= 15 is 0 Å². The Morgan fingerprint density at radius 3 is 2.27 bits per heavy atom. The summed E-state index contributed by atoms with van der Waals surface area (Å²) >= 11 is 7.41. The van der Waals surface area contributed by atoms with Crippen LogP contribution in [0, 0.1) is 0 Å². The van der Waals surface area contributed by atoms with Crippen molar-refractivity contribution >= 4 is 47.2 Å². The van der Waals surface area contributed by atoms with E-state index in [0.717, 1.165) is 11.8 Å². The molecule has 5 atom stereocenters. The Bertz CT molecular complexity index is 1180. The van der Waals surface area contributed by atoms with Crippen LogP contribution in [0.5, 0.6) is 0 Å². The molecule has 1 fully saturated rings. The molecule has 1 amide bonds. The van der Waals surface area contributed by atoms with Gasteiger partial charge in [-0.05, 0) is 12.1 Å². The molecule has 0 radical (unpaired) electrons. The highest BCUT2D eigenvalue weighted by Gasteiger charge is 2.51. The summed E-state index contributed by atoms with van der Waals surface area (Å²) in [6, 6.07) is 6.17. The zero-order valence-corrected chi connectivity index (χ0v) is 22.4. The number of carbonyl (C=O) groups excluding carboxylic acids is 4. The SMILES string of the molecule is CC(=O)NC1C(Sc2nnc(-c3ccccc3Cl)n2C)OC(COC(C)=O)C(OC(C)=O)C1OC(C)=O. The summed E-state index contributed by atoms with van der Waals surface area (Å²) in [6.07, 6.45) is -3.35. The normalized spacial score (nSPS) is 23.1. The molecule has 1 saturated heterocycles. The Morgan fingerprint density at radius 1 is 1.03 bits per heavy atom. The monoisotopic (exact) mass is 554 g/mol. The van der Waals surface area contributed by atoms with Gasteiger partial charge in [-0.25, -0.2) is 0 Å². The molecule has 1 aliphatic heterocycles. The Balaban J connectivity index is 2.00. The first-order chi connectivity index (χ1) is 17.5. The summed E-state index contributed by atoms with van der Waals surface area (Å²) < 4.78 is 23.9. The molecular weight excluding hydrogens is 528 g/mol. The molecule has 0 saturated carbocycles. The van der Waals surface area contributed by atoms with Crippen LogP contribution in [-0.2, 0) is 45.2 Å². The number of nitrogens with zero attached hydrogens (tertiary/aromatic N) is 3. The molecule has 5 unspecified atom stereocenters. The number of carbonyl (C=O) groups is 4. The van der Waals surface area contributed by atoms with Crippen LogP contribution in [0.25, 0.3) is 11.4 Å². The highest BCUT2D eigenvalue weighted by Crippen LogP contribution is 2.37. The van der Waals surface area contributed by atoms with Gasteiger partial charge < -0.3 is 28.8 Å². The van der Waals surface area contributed by atoms with Crippen LogP contribution in [0.3, 0.4) is 0 Å². The molecule has 0 spiro atoms. The smallest absolute Gasteiger partial charge is 0.303 e. The number of thioether (sulfide) groups is 1. The van der Waals surface area contributed by atoms with Crippen molar-refractivity contribution < 1.29 is 38.1 Å². The number of rotatable bonds is 8. The van der Waals surface area contributed by atoms with E-state index in [1.807, 2.05) is 6.07 Å². The molecule has 0 aliphatic carbocycles. The molecule has 12 nitrogen and oxygen atoms in total. The van der Waals surface area contributed by atoms with Crippen molar-refractivity contribution in [1.82, 2.24) is 20.1 Å². The lowest BCUT2D eigenvalue weighted by Crippen LogP contribution is -2.65. The second-order valence-electron chi connectivity index (χ2n) is 8.18. The number of esters is 3. The third-order valence-corrected chi connectivity index (χ3v) is 6.77. The van der Waals surface area contributed by atoms with Gasteiger partial charge in [0.1, 0.15) is 24.2 Å². The van der Waals surface area contributed by atoms with Crippen molar-refractivity contribution in [2.45, 2.75) is 62.6 Å². The minimum absolute atomic E-state index is 0.293. The number of amides is 1. The van der Waals surface area contributed by atoms with E-state index < -0.39 is 53.6 Å². The quantitative estimate of drug-likeness (QED) is 0.376. The van der Waals surface area contributed by atoms with Gasteiger partial charge in [-0.15, -0.1) is 10.2 Å². The number of halogens is 1. The van der Waals surface area contributed by atoms with Gasteiger partial charge in [-0.2, -0.15) is 0 Å². The fourth-order valence-electron chi connectivity index (χ4n) is 3.79. The van der Waals surface area contributed by atoms with Gasteiger partial charge in [0, 0.05) is 40.3 Å². The summed E-state index contributed by atoms with van der Waals surface area (Å²) in [5, 5.41) is 12.1. The molecule has 1 aromatic carbocycles. The van der Waals surface area contributed by atoms with Crippen molar-refractivity contribution in [3.8, 4) is 11.4 Å². The van der Waals surface area contributed by atoms with Gasteiger partial charge in [-0.3, -0.25) is 19.2 Å². The average molecular weight is 555 g/mol. The molecule has 200 valence electrons. The van der Waals surface area contributed by atoms with Gasteiger partial charge in [0.2, 0.25) is 5.91 Å². The number of ether oxygens (including phenoxy) is 4. The molecule has 1 aromatic heterocycles. The largest absolute Gasteiger partial charge is 0.463 e. The minimum Gasteiger partial charge on any atom is -0.463 e. The Morgan fingerprint density at radius 2 is 1.68 bits per heavy atom. The molecule has 1 aliphatic rings. The summed E-state index contributed by atoms with van der Waals surface area (Å²) in [7, 11) is 1.73. The Hall–Kier alpha value is -3.16. The summed E-state index contributed by atoms with van der Waals surface area (Å²) in [5.41, 5.74) is -0.253. The maximum atomic E-state index is 12.1. The topological polar surface area (TPSA) is 148 Å². The molecule has 37 heavy (non-hydrogen) atoms. The summed E-state index contributed by atoms with van der Waals surface area (Å²) in [5.74, 6) is -1.88. The number of hydrogen-bond donors (Lipinski definition) is 1. The maximum Gasteiger partial charge on any atom is 0.303 e. The molecule has 0 bridgehead atoms. The van der Waals surface area contributed by atoms with E-state index in [-0.39, 0.29) is 6.61 Å². The lowest BCUT2D eigenvalue weighted by molar-refractivity contribution is -0.211. The number of hydrogen-bond acceptors (Lipinski definition) is 11. The lowest BCUT2D eigenvalue weighted by Gasteiger charge is -2.44. The van der Waals surface area contributed by atoms with Gasteiger partial charge in [0.05, 0.1) is 5.02 Å². The van der Waals surface area contributed by atoms with Gasteiger partial charge in [0.15, 0.2) is 23.2 Å². The molecule has 1 N–H and O–H groups in total. The highest BCUT2D eigenvalue weighted by atomic mass is 35.5. The first-order valence-corrected chi connectivity index (χ1v) is 12.4. The van der Waals surface area contributed by atoms with E-state index in [2.05, 4.69) is 15.5 Å². The van der Waals surface area contributed by atoms with Crippen LogP contribution >= 0.6 is 23.4 Å². The average Bonchev–Trinajstić information content (AvgIpc) is 3.15. The van der Waals surface area contributed by atoms with E-state index in [1.165, 1.54) is 27.7 Å². The van der Waals surface area contributed by atoms with Crippen LogP contribution in [0.4, 0.5) is 0 Å². The third kappa shape index (κ3) is 7.21. The first kappa shape index (κ1) is 28.4. The molecule has 3 rings (SSSR count). The second kappa shape index (κ2) is 12.4. The van der Waals surface area contributed by atoms with Crippen LogP contribution in [0.2, 0.25) is 5.02 Å². The van der Waals surface area contributed by atoms with Crippen molar-refractivity contribution in [2.75, 3.05) is 6.61 Å². The standard InChI is InChI=1S/C23H27ClN4O8S/c1-11(29)25-18-20(35-14(4)32)19(34-13(3)31)17(10-33-12(2)30)36-22(18)37-23-27-26-21(28(23)5)15-8-6-7-9-16(15)24/h6-9,17-20,22H,10H2,1-5H3,(H,25,29). The molecule has 2 heterocycles. The van der Waals surface area contributed by atoms with Crippen molar-refractivity contribution in [1.29, 1.82) is 0 Å². The van der Waals surface area contributed by atoms with Gasteiger partial charge in [0.25, 0.3) is 0 Å². The summed E-state index contributed by atoms with van der Waals surface area (Å²) in [6.45, 7) is 4.58. The van der Waals surface area contributed by atoms with Crippen LogP contribution in [0.1, 0.15) is 27.7 Å². The number of benzene rings is 1. The van der Waals surface area contributed by atoms with Crippen LogP contribution in [0.15, 0.2) is 29.4 Å². The molecule has 14 heteroatoms.